The Morgan fingerprint density at radius 1 is 1.07 bits per heavy atom. The lowest BCUT2D eigenvalue weighted by atomic mass is 10.00. The van der Waals surface area contributed by atoms with Crippen LogP contribution in [0.1, 0.15) is 45.5 Å². The molecule has 0 atom stereocenters. The molecule has 1 aromatic heterocycles. The molecule has 1 aliphatic heterocycles. The summed E-state index contributed by atoms with van der Waals surface area (Å²) in [6, 6.07) is 13.0. The van der Waals surface area contributed by atoms with Gasteiger partial charge in [0.15, 0.2) is 0 Å². The molecule has 154 valence electrons. The van der Waals surface area contributed by atoms with Crippen LogP contribution < -0.4 is 5.32 Å². The lowest BCUT2D eigenvalue weighted by molar-refractivity contribution is 0.0600. The zero-order valence-corrected chi connectivity index (χ0v) is 17.3. The summed E-state index contributed by atoms with van der Waals surface area (Å²) in [6.45, 7) is 3.61. The molecule has 0 bridgehead atoms. The molecule has 6 heteroatoms. The van der Waals surface area contributed by atoms with Gasteiger partial charge in [-0.2, -0.15) is 0 Å². The number of methoxy groups -OCH3 is 1. The third kappa shape index (κ3) is 3.85. The number of benzene rings is 2. The first kappa shape index (κ1) is 19.9. The van der Waals surface area contributed by atoms with Gasteiger partial charge in [0.05, 0.1) is 18.2 Å². The highest BCUT2D eigenvalue weighted by molar-refractivity contribution is 6.10. The van der Waals surface area contributed by atoms with E-state index in [1.165, 1.54) is 13.5 Å². The molecule has 2 aromatic carbocycles. The fourth-order valence-electron chi connectivity index (χ4n) is 3.99. The summed E-state index contributed by atoms with van der Waals surface area (Å²) in [4.78, 5) is 31.5. The number of hydrogen-bond acceptors (Lipinski definition) is 5. The second-order valence-electron chi connectivity index (χ2n) is 7.57. The second kappa shape index (κ2) is 8.53. The molecule has 0 spiro atoms. The Morgan fingerprint density at radius 3 is 2.60 bits per heavy atom. The lowest BCUT2D eigenvalue weighted by Gasteiger charge is -2.27. The summed E-state index contributed by atoms with van der Waals surface area (Å²) in [5.41, 5.74) is 2.85. The van der Waals surface area contributed by atoms with Crippen molar-refractivity contribution in [3.63, 3.8) is 0 Å². The van der Waals surface area contributed by atoms with E-state index in [9.17, 15) is 9.59 Å². The number of anilines is 2. The molecule has 4 rings (SSSR count). The predicted octanol–water partition coefficient (Wildman–Crippen LogP) is 4.70. The first-order valence-corrected chi connectivity index (χ1v) is 10.2. The summed E-state index contributed by atoms with van der Waals surface area (Å²) in [7, 11) is 1.36. The fraction of sp³-hybridized carbons (Fsp3) is 0.292. The molecule has 0 radical (unpaired) electrons. The van der Waals surface area contributed by atoms with Gasteiger partial charge in [-0.3, -0.25) is 4.79 Å². The van der Waals surface area contributed by atoms with Gasteiger partial charge in [-0.1, -0.05) is 24.3 Å². The van der Waals surface area contributed by atoms with Gasteiger partial charge in [-0.15, -0.1) is 0 Å². The molecule has 2 heterocycles. The van der Waals surface area contributed by atoms with Crippen molar-refractivity contribution in [2.24, 2.45) is 0 Å². The Hall–Kier alpha value is -3.41. The van der Waals surface area contributed by atoms with Crippen LogP contribution in [0, 0.1) is 6.92 Å². The molecule has 0 unspecified atom stereocenters. The van der Waals surface area contributed by atoms with Gasteiger partial charge in [-0.25, -0.2) is 9.78 Å². The molecule has 1 aliphatic rings. The number of pyridine rings is 1. The topological polar surface area (TPSA) is 71.5 Å². The van der Waals surface area contributed by atoms with Crippen molar-refractivity contribution in [1.29, 1.82) is 0 Å². The zero-order chi connectivity index (χ0) is 21.1. The number of rotatable bonds is 4. The summed E-state index contributed by atoms with van der Waals surface area (Å²) < 4.78 is 4.80. The van der Waals surface area contributed by atoms with Crippen LogP contribution in [0.4, 0.5) is 11.5 Å². The highest BCUT2D eigenvalue weighted by Crippen LogP contribution is 2.31. The Balaban J connectivity index is 1.73. The summed E-state index contributed by atoms with van der Waals surface area (Å²) in [5, 5.41) is 5.08. The van der Waals surface area contributed by atoms with Crippen molar-refractivity contribution in [3.05, 3.63) is 65.4 Å². The normalized spacial score (nSPS) is 13.9. The fourth-order valence-corrected chi connectivity index (χ4v) is 3.99. The Morgan fingerprint density at radius 2 is 1.83 bits per heavy atom. The predicted molar refractivity (Wildman–Crippen MR) is 117 cm³/mol. The summed E-state index contributed by atoms with van der Waals surface area (Å²) in [5.74, 6) is 0.293. The number of hydrogen-bond donors (Lipinski definition) is 1. The van der Waals surface area contributed by atoms with E-state index in [1.54, 1.807) is 24.4 Å². The van der Waals surface area contributed by atoms with Crippen molar-refractivity contribution in [2.45, 2.75) is 26.2 Å². The largest absolute Gasteiger partial charge is 0.465 e. The number of piperidine rings is 1. The van der Waals surface area contributed by atoms with Crippen LogP contribution in [-0.4, -0.2) is 42.0 Å². The number of ether oxygens (including phenoxy) is 1. The first-order chi connectivity index (χ1) is 14.6. The Labute approximate surface area is 175 Å². The first-order valence-electron chi connectivity index (χ1n) is 10.2. The van der Waals surface area contributed by atoms with Gasteiger partial charge < -0.3 is 15.0 Å². The van der Waals surface area contributed by atoms with Crippen molar-refractivity contribution in [2.75, 3.05) is 25.5 Å². The van der Waals surface area contributed by atoms with E-state index >= 15 is 0 Å². The quantitative estimate of drug-likeness (QED) is 0.640. The summed E-state index contributed by atoms with van der Waals surface area (Å²) in [6.07, 6.45) is 4.94. The third-order valence-corrected chi connectivity index (χ3v) is 5.54. The second-order valence-corrected chi connectivity index (χ2v) is 7.57. The van der Waals surface area contributed by atoms with E-state index in [4.69, 9.17) is 4.74 Å². The van der Waals surface area contributed by atoms with Crippen molar-refractivity contribution < 1.29 is 14.3 Å². The molecule has 0 aliphatic carbocycles. The van der Waals surface area contributed by atoms with E-state index in [0.717, 1.165) is 48.0 Å². The van der Waals surface area contributed by atoms with Crippen LogP contribution >= 0.6 is 0 Å². The average molecular weight is 403 g/mol. The van der Waals surface area contributed by atoms with Crippen molar-refractivity contribution >= 4 is 34.2 Å². The molecule has 6 nitrogen and oxygen atoms in total. The van der Waals surface area contributed by atoms with E-state index in [-0.39, 0.29) is 5.91 Å². The van der Waals surface area contributed by atoms with Crippen LogP contribution in [0.2, 0.25) is 0 Å². The minimum atomic E-state index is -0.394. The van der Waals surface area contributed by atoms with Crippen LogP contribution in [0.3, 0.4) is 0 Å². The van der Waals surface area contributed by atoms with Gasteiger partial charge in [0.25, 0.3) is 5.91 Å². The molecular weight excluding hydrogens is 378 g/mol. The number of aromatic nitrogens is 1. The van der Waals surface area contributed by atoms with Gasteiger partial charge in [0.2, 0.25) is 0 Å². The Kier molecular flexibility index (Phi) is 5.65. The number of aryl methyl sites for hydroxylation is 1. The molecule has 30 heavy (non-hydrogen) atoms. The maximum atomic E-state index is 13.2. The standard InChI is InChI=1S/C24H25N3O3/c1-16-8-6-11-19-21(16)20(23(28)27-12-4-3-5-13-27)15-25-22(19)26-18-10-7-9-17(14-18)24(29)30-2/h6-11,14-15H,3-5,12-13H2,1-2H3,(H,25,26). The lowest BCUT2D eigenvalue weighted by Crippen LogP contribution is -2.35. The van der Waals surface area contributed by atoms with Gasteiger partial charge in [0, 0.05) is 35.7 Å². The van der Waals surface area contributed by atoms with Crippen LogP contribution in [0.15, 0.2) is 48.7 Å². The molecular formula is C24H25N3O3. The smallest absolute Gasteiger partial charge is 0.337 e. The van der Waals surface area contributed by atoms with E-state index in [1.807, 2.05) is 36.1 Å². The number of fused-ring (bicyclic) bond motifs is 1. The van der Waals surface area contributed by atoms with Crippen LogP contribution in [0.25, 0.3) is 10.8 Å². The van der Waals surface area contributed by atoms with Gasteiger partial charge in [-0.05, 0) is 49.9 Å². The van der Waals surface area contributed by atoms with Crippen molar-refractivity contribution in [3.8, 4) is 0 Å². The molecule has 1 N–H and O–H groups in total. The minimum absolute atomic E-state index is 0.0424. The maximum Gasteiger partial charge on any atom is 0.337 e. The van der Waals surface area contributed by atoms with Crippen molar-refractivity contribution in [1.82, 2.24) is 9.88 Å². The third-order valence-electron chi connectivity index (χ3n) is 5.54. The summed E-state index contributed by atoms with van der Waals surface area (Å²) >= 11 is 0. The number of esters is 1. The molecule has 1 saturated heterocycles. The number of carbonyl (C=O) groups excluding carboxylic acids is 2. The van der Waals surface area contributed by atoms with E-state index < -0.39 is 5.97 Å². The van der Waals surface area contributed by atoms with E-state index in [0.29, 0.717) is 16.9 Å². The van der Waals surface area contributed by atoms with Crippen LogP contribution in [0.5, 0.6) is 0 Å². The monoisotopic (exact) mass is 403 g/mol. The highest BCUT2D eigenvalue weighted by Gasteiger charge is 2.22. The van der Waals surface area contributed by atoms with Crippen LogP contribution in [-0.2, 0) is 4.74 Å². The number of nitrogens with zero attached hydrogens (tertiary/aromatic N) is 2. The average Bonchev–Trinajstić information content (AvgIpc) is 2.79. The number of amides is 1. The maximum absolute atomic E-state index is 13.2. The van der Waals surface area contributed by atoms with Gasteiger partial charge >= 0.3 is 5.97 Å². The molecule has 1 amide bonds. The number of carbonyl (C=O) groups is 2. The zero-order valence-electron chi connectivity index (χ0n) is 17.3. The molecule has 3 aromatic rings. The van der Waals surface area contributed by atoms with Gasteiger partial charge in [0.1, 0.15) is 5.82 Å². The van der Waals surface area contributed by atoms with E-state index in [2.05, 4.69) is 10.3 Å². The SMILES string of the molecule is COC(=O)c1cccc(Nc2ncc(C(=O)N3CCCCC3)c3c(C)cccc23)c1. The number of likely N-dealkylation sites (tertiary alicyclic amines) is 1. The highest BCUT2D eigenvalue weighted by atomic mass is 16.5. The number of nitrogens with one attached hydrogen (secondary N) is 1. The molecule has 0 saturated carbocycles. The molecule has 1 fully saturated rings. The Bertz CT molecular complexity index is 1100. The minimum Gasteiger partial charge on any atom is -0.465 e.